The quantitative estimate of drug-likeness (QED) is 0.859. The average Bonchev–Trinajstić information content (AvgIpc) is 2.82. The number of benzene rings is 1. The Labute approximate surface area is 127 Å². The number of nitrogens with two attached hydrogens (primary N) is 1. The number of ether oxygens (including phenoxy) is 1. The third-order valence-electron chi connectivity index (χ3n) is 3.28. The number of aliphatic hydroxyl groups excluding tert-OH is 1. The van der Waals surface area contributed by atoms with Crippen molar-refractivity contribution in [3.05, 3.63) is 23.1 Å². The van der Waals surface area contributed by atoms with E-state index < -0.39 is 0 Å². The van der Waals surface area contributed by atoms with Crippen LogP contribution in [-0.2, 0) is 0 Å². The van der Waals surface area contributed by atoms with Crippen LogP contribution in [0.4, 0.5) is 5.69 Å². The van der Waals surface area contributed by atoms with Gasteiger partial charge in [0.2, 0.25) is 0 Å². The summed E-state index contributed by atoms with van der Waals surface area (Å²) in [5.74, 6) is 0.618. The zero-order chi connectivity index (χ0) is 15.4. The molecule has 1 amide bonds. The Kier molecular flexibility index (Phi) is 5.03. The van der Waals surface area contributed by atoms with Gasteiger partial charge in [0, 0.05) is 23.2 Å². The second kappa shape index (κ2) is 6.78. The minimum atomic E-state index is -0.122. The molecule has 3 N–H and O–H groups in total. The van der Waals surface area contributed by atoms with E-state index in [9.17, 15) is 4.79 Å². The number of anilines is 1. The lowest BCUT2D eigenvalue weighted by Crippen LogP contribution is -2.34. The summed E-state index contributed by atoms with van der Waals surface area (Å²) in [5, 5.41) is 9.96. The summed E-state index contributed by atoms with van der Waals surface area (Å²) in [6.45, 7) is 2.88. The third-order valence-corrected chi connectivity index (χ3v) is 4.44. The number of hydrogen-bond acceptors (Lipinski definition) is 5. The number of aliphatic hydroxyl groups is 1. The van der Waals surface area contributed by atoms with E-state index in [-0.39, 0.29) is 12.5 Å². The van der Waals surface area contributed by atoms with Gasteiger partial charge >= 0.3 is 0 Å². The smallest absolute Gasteiger partial charge is 0.266 e. The molecule has 1 aromatic carbocycles. The number of methoxy groups -OCH3 is 1. The van der Waals surface area contributed by atoms with Gasteiger partial charge in [-0.1, -0.05) is 6.92 Å². The highest BCUT2D eigenvalue weighted by atomic mass is 32.1. The van der Waals surface area contributed by atoms with Gasteiger partial charge in [0.15, 0.2) is 0 Å². The lowest BCUT2D eigenvalue weighted by molar-refractivity contribution is 0.0728. The molecule has 0 fully saturated rings. The van der Waals surface area contributed by atoms with E-state index in [1.807, 2.05) is 25.1 Å². The van der Waals surface area contributed by atoms with Crippen molar-refractivity contribution < 1.29 is 14.6 Å². The van der Waals surface area contributed by atoms with E-state index in [1.54, 1.807) is 12.0 Å². The standard InChI is InChI=1S/C15H20N2O3S/c1-3-6-17(7-8-18)15(19)14-13(16)11-5-4-10(20-2)9-12(11)21-14/h4-5,9,18H,3,6-8,16H2,1-2H3. The molecule has 0 spiro atoms. The first-order chi connectivity index (χ1) is 10.1. The first-order valence-corrected chi connectivity index (χ1v) is 7.70. The van der Waals surface area contributed by atoms with Crippen LogP contribution in [0.3, 0.4) is 0 Å². The number of thiophene rings is 1. The van der Waals surface area contributed by atoms with Crippen LogP contribution in [0, 0.1) is 0 Å². The van der Waals surface area contributed by atoms with Crippen LogP contribution in [0.2, 0.25) is 0 Å². The highest BCUT2D eigenvalue weighted by Gasteiger charge is 2.21. The third kappa shape index (κ3) is 3.11. The van der Waals surface area contributed by atoms with E-state index in [0.29, 0.717) is 23.7 Å². The second-order valence-electron chi connectivity index (χ2n) is 4.72. The zero-order valence-corrected chi connectivity index (χ0v) is 13.1. The molecule has 2 rings (SSSR count). The van der Waals surface area contributed by atoms with Gasteiger partial charge in [-0.3, -0.25) is 4.79 Å². The van der Waals surface area contributed by atoms with Gasteiger partial charge in [-0.2, -0.15) is 0 Å². The molecule has 0 aliphatic heterocycles. The Morgan fingerprint density at radius 3 is 2.81 bits per heavy atom. The number of nitrogens with zero attached hydrogens (tertiary/aromatic N) is 1. The fraction of sp³-hybridized carbons (Fsp3) is 0.400. The maximum Gasteiger partial charge on any atom is 0.266 e. The molecular weight excluding hydrogens is 288 g/mol. The average molecular weight is 308 g/mol. The Balaban J connectivity index is 2.40. The van der Waals surface area contributed by atoms with Gasteiger partial charge in [-0.25, -0.2) is 0 Å². The fourth-order valence-corrected chi connectivity index (χ4v) is 3.35. The minimum absolute atomic E-state index is 0.0512. The lowest BCUT2D eigenvalue weighted by Gasteiger charge is -2.20. The summed E-state index contributed by atoms with van der Waals surface area (Å²) in [7, 11) is 1.61. The number of fused-ring (bicyclic) bond motifs is 1. The monoisotopic (exact) mass is 308 g/mol. The van der Waals surface area contributed by atoms with E-state index >= 15 is 0 Å². The molecule has 0 bridgehead atoms. The van der Waals surface area contributed by atoms with Crippen LogP contribution < -0.4 is 10.5 Å². The molecule has 1 heterocycles. The first kappa shape index (κ1) is 15.6. The number of rotatable bonds is 6. The summed E-state index contributed by atoms with van der Waals surface area (Å²) < 4.78 is 6.12. The zero-order valence-electron chi connectivity index (χ0n) is 12.3. The van der Waals surface area contributed by atoms with Crippen molar-refractivity contribution in [1.29, 1.82) is 0 Å². The summed E-state index contributed by atoms with van der Waals surface area (Å²) >= 11 is 1.36. The fourth-order valence-electron chi connectivity index (χ4n) is 2.23. The lowest BCUT2D eigenvalue weighted by atomic mass is 10.2. The molecule has 0 saturated carbocycles. The summed E-state index contributed by atoms with van der Waals surface area (Å²) in [6.07, 6.45) is 0.838. The Bertz CT molecular complexity index is 633. The first-order valence-electron chi connectivity index (χ1n) is 6.88. The van der Waals surface area contributed by atoms with E-state index in [4.69, 9.17) is 15.6 Å². The van der Waals surface area contributed by atoms with Crippen LogP contribution in [0.5, 0.6) is 5.75 Å². The van der Waals surface area contributed by atoms with Gasteiger partial charge in [0.1, 0.15) is 10.6 Å². The van der Waals surface area contributed by atoms with E-state index in [2.05, 4.69) is 0 Å². The van der Waals surface area contributed by atoms with Crippen LogP contribution in [0.15, 0.2) is 18.2 Å². The number of hydrogen-bond donors (Lipinski definition) is 2. The normalized spacial score (nSPS) is 10.8. The summed E-state index contributed by atoms with van der Waals surface area (Å²) in [6, 6.07) is 5.58. The number of carbonyl (C=O) groups is 1. The molecule has 21 heavy (non-hydrogen) atoms. The van der Waals surface area contributed by atoms with Crippen molar-refractivity contribution >= 4 is 33.0 Å². The molecule has 2 aromatic rings. The SMILES string of the molecule is CCCN(CCO)C(=O)c1sc2cc(OC)ccc2c1N. The van der Waals surface area contributed by atoms with Gasteiger partial charge < -0.3 is 20.5 Å². The molecule has 0 aliphatic carbocycles. The van der Waals surface area contributed by atoms with Gasteiger partial charge in [-0.05, 0) is 24.6 Å². The number of amides is 1. The minimum Gasteiger partial charge on any atom is -0.497 e. The maximum atomic E-state index is 12.6. The van der Waals surface area contributed by atoms with E-state index in [1.165, 1.54) is 11.3 Å². The predicted octanol–water partition coefficient (Wildman–Crippen LogP) is 2.34. The van der Waals surface area contributed by atoms with Crippen molar-refractivity contribution in [1.82, 2.24) is 4.90 Å². The summed E-state index contributed by atoms with van der Waals surface area (Å²) in [4.78, 5) is 14.7. The molecule has 1 aromatic heterocycles. The van der Waals surface area contributed by atoms with Crippen LogP contribution in [0.1, 0.15) is 23.0 Å². The van der Waals surface area contributed by atoms with Crippen molar-refractivity contribution in [2.24, 2.45) is 0 Å². The number of carbonyl (C=O) groups excluding carboxylic acids is 1. The van der Waals surface area contributed by atoms with Crippen molar-refractivity contribution in [2.45, 2.75) is 13.3 Å². The molecule has 0 saturated heterocycles. The largest absolute Gasteiger partial charge is 0.497 e. The summed E-state index contributed by atoms with van der Waals surface area (Å²) in [5.41, 5.74) is 6.62. The second-order valence-corrected chi connectivity index (χ2v) is 5.77. The van der Waals surface area contributed by atoms with Gasteiger partial charge in [-0.15, -0.1) is 11.3 Å². The van der Waals surface area contributed by atoms with Crippen molar-refractivity contribution in [3.63, 3.8) is 0 Å². The molecule has 0 radical (unpaired) electrons. The molecular formula is C15H20N2O3S. The highest BCUT2D eigenvalue weighted by Crippen LogP contribution is 2.36. The molecule has 0 unspecified atom stereocenters. The number of nitrogen functional groups attached to an aromatic ring is 1. The Morgan fingerprint density at radius 1 is 1.43 bits per heavy atom. The van der Waals surface area contributed by atoms with Crippen molar-refractivity contribution in [3.8, 4) is 5.75 Å². The Hall–Kier alpha value is -1.79. The van der Waals surface area contributed by atoms with Gasteiger partial charge in [0.05, 0.1) is 19.4 Å². The van der Waals surface area contributed by atoms with Crippen LogP contribution in [-0.4, -0.2) is 42.7 Å². The Morgan fingerprint density at radius 2 is 2.19 bits per heavy atom. The van der Waals surface area contributed by atoms with Crippen LogP contribution >= 0.6 is 11.3 Å². The molecule has 0 aliphatic rings. The van der Waals surface area contributed by atoms with Crippen LogP contribution in [0.25, 0.3) is 10.1 Å². The van der Waals surface area contributed by atoms with Crippen molar-refractivity contribution in [2.75, 3.05) is 32.5 Å². The molecule has 5 nitrogen and oxygen atoms in total. The van der Waals surface area contributed by atoms with Gasteiger partial charge in [0.25, 0.3) is 5.91 Å². The predicted molar refractivity (Wildman–Crippen MR) is 86.1 cm³/mol. The molecule has 0 atom stereocenters. The topological polar surface area (TPSA) is 75.8 Å². The maximum absolute atomic E-state index is 12.6. The molecule has 6 heteroatoms. The highest BCUT2D eigenvalue weighted by molar-refractivity contribution is 7.21. The molecule has 114 valence electrons. The van der Waals surface area contributed by atoms with E-state index in [0.717, 1.165) is 22.3 Å².